The molecule has 0 bridgehead atoms. The number of halogens is 2. The minimum absolute atomic E-state index is 0.0634. The Morgan fingerprint density at radius 2 is 2.00 bits per heavy atom. The van der Waals surface area contributed by atoms with E-state index in [1.54, 1.807) is 18.5 Å². The van der Waals surface area contributed by atoms with Gasteiger partial charge >= 0.3 is 0 Å². The van der Waals surface area contributed by atoms with Crippen molar-refractivity contribution in [2.45, 2.75) is 18.6 Å². The molecule has 0 unspecified atom stereocenters. The van der Waals surface area contributed by atoms with E-state index in [2.05, 4.69) is 37.3 Å². The third-order valence-corrected chi connectivity index (χ3v) is 5.31. The van der Waals surface area contributed by atoms with Crippen LogP contribution in [0.2, 0.25) is 0 Å². The largest absolute Gasteiger partial charge is 0.485 e. The highest BCUT2D eigenvalue weighted by Gasteiger charge is 2.27. The zero-order valence-corrected chi connectivity index (χ0v) is 17.3. The van der Waals surface area contributed by atoms with Crippen LogP contribution in [0.4, 0.5) is 26.2 Å². The van der Waals surface area contributed by atoms with Crippen molar-refractivity contribution in [2.75, 3.05) is 44.4 Å². The Balaban J connectivity index is 1.43. The number of hydrogen-bond acceptors (Lipinski definition) is 9. The fourth-order valence-electron chi connectivity index (χ4n) is 3.57. The summed E-state index contributed by atoms with van der Waals surface area (Å²) in [6, 6.07) is 3.41. The molecule has 5 heterocycles. The summed E-state index contributed by atoms with van der Waals surface area (Å²) in [4.78, 5) is 14.0. The molecule has 168 valence electrons. The second kappa shape index (κ2) is 8.28. The summed E-state index contributed by atoms with van der Waals surface area (Å²) in [5.41, 5.74) is 7.28. The van der Waals surface area contributed by atoms with Gasteiger partial charge in [-0.05, 0) is 7.05 Å². The third kappa shape index (κ3) is 4.18. The van der Waals surface area contributed by atoms with Gasteiger partial charge < -0.3 is 25.4 Å². The van der Waals surface area contributed by atoms with Crippen molar-refractivity contribution in [3.8, 4) is 16.9 Å². The Hall–Kier alpha value is -3.38. The lowest BCUT2D eigenvalue weighted by Crippen LogP contribution is -2.45. The maximum Gasteiger partial charge on any atom is 0.297 e. The number of rotatable bonds is 7. The molecule has 2 saturated heterocycles. The first-order valence-corrected chi connectivity index (χ1v) is 10.1. The molecule has 3 aromatic rings. The van der Waals surface area contributed by atoms with Crippen molar-refractivity contribution < 1.29 is 18.3 Å². The predicted molar refractivity (Wildman–Crippen MR) is 112 cm³/mol. The molecule has 0 atom stereocenters. The fourth-order valence-corrected chi connectivity index (χ4v) is 3.57. The molecule has 0 spiro atoms. The molecule has 3 N–H and O–H groups in total. The summed E-state index contributed by atoms with van der Waals surface area (Å²) < 4.78 is 39.3. The number of hydrogen-bond donors (Lipinski definition) is 2. The molecule has 2 aliphatic rings. The maximum atomic E-state index is 13.0. The number of anilines is 3. The minimum Gasteiger partial charge on any atom is -0.485 e. The molecule has 0 aliphatic carbocycles. The average Bonchev–Trinajstić information content (AvgIpc) is 3.17. The van der Waals surface area contributed by atoms with Crippen molar-refractivity contribution in [1.29, 1.82) is 0 Å². The summed E-state index contributed by atoms with van der Waals surface area (Å²) in [7, 11) is 2.07. The number of aromatic nitrogens is 5. The lowest BCUT2D eigenvalue weighted by Gasteiger charge is -2.36. The lowest BCUT2D eigenvalue weighted by atomic mass is 10.1. The van der Waals surface area contributed by atoms with Gasteiger partial charge in [-0.2, -0.15) is 5.10 Å². The van der Waals surface area contributed by atoms with Crippen LogP contribution in [-0.4, -0.2) is 69.1 Å². The lowest BCUT2D eigenvalue weighted by molar-refractivity contribution is -0.0794. The Morgan fingerprint density at radius 1 is 1.19 bits per heavy atom. The number of pyridine rings is 1. The molecule has 32 heavy (non-hydrogen) atoms. The van der Waals surface area contributed by atoms with Crippen LogP contribution < -0.4 is 15.8 Å². The number of alkyl halides is 2. The summed E-state index contributed by atoms with van der Waals surface area (Å²) in [6.07, 6.45) is 2.51. The Bertz CT molecular complexity index is 1110. The Morgan fingerprint density at radius 3 is 2.69 bits per heavy atom. The Kier molecular flexibility index (Phi) is 5.31. The molecule has 10 nitrogen and oxygen atoms in total. The van der Waals surface area contributed by atoms with Gasteiger partial charge in [-0.3, -0.25) is 4.68 Å². The quantitative estimate of drug-likeness (QED) is 0.566. The molecular formula is C20H22F2N8O2. The summed E-state index contributed by atoms with van der Waals surface area (Å²) in [5, 5.41) is 7.40. The van der Waals surface area contributed by atoms with Crippen LogP contribution in [0, 0.1) is 0 Å². The second-order valence-electron chi connectivity index (χ2n) is 7.89. The molecule has 0 saturated carbocycles. The topological polar surface area (TPSA) is 116 Å². The van der Waals surface area contributed by atoms with Gasteiger partial charge in [0, 0.05) is 48.7 Å². The highest BCUT2D eigenvalue weighted by molar-refractivity contribution is 5.71. The van der Waals surface area contributed by atoms with Crippen LogP contribution in [0.15, 0.2) is 30.7 Å². The molecule has 2 aliphatic heterocycles. The van der Waals surface area contributed by atoms with Crippen LogP contribution in [0.1, 0.15) is 18.3 Å². The van der Waals surface area contributed by atoms with Gasteiger partial charge in [0.15, 0.2) is 5.82 Å². The van der Waals surface area contributed by atoms with Gasteiger partial charge in [0.25, 0.3) is 6.43 Å². The van der Waals surface area contributed by atoms with Crippen LogP contribution in [-0.2, 0) is 4.74 Å². The molecule has 12 heteroatoms. The van der Waals surface area contributed by atoms with Gasteiger partial charge in [-0.1, -0.05) is 0 Å². The van der Waals surface area contributed by atoms with Crippen LogP contribution in [0.25, 0.3) is 11.1 Å². The molecular weight excluding hydrogens is 422 g/mol. The van der Waals surface area contributed by atoms with E-state index >= 15 is 0 Å². The van der Waals surface area contributed by atoms with Crippen molar-refractivity contribution in [2.24, 2.45) is 0 Å². The molecule has 0 radical (unpaired) electrons. The van der Waals surface area contributed by atoms with Gasteiger partial charge in [0.2, 0.25) is 0 Å². The van der Waals surface area contributed by atoms with E-state index in [9.17, 15) is 8.78 Å². The van der Waals surface area contributed by atoms with Crippen LogP contribution in [0.5, 0.6) is 5.75 Å². The first-order valence-electron chi connectivity index (χ1n) is 10.1. The zero-order valence-electron chi connectivity index (χ0n) is 17.3. The number of nitrogens with one attached hydrogen (secondary N) is 1. The van der Waals surface area contributed by atoms with Gasteiger partial charge in [-0.15, -0.1) is 0 Å². The van der Waals surface area contributed by atoms with E-state index in [0.29, 0.717) is 30.8 Å². The third-order valence-electron chi connectivity index (χ3n) is 5.31. The number of ether oxygens (including phenoxy) is 2. The molecule has 2 fully saturated rings. The molecule has 0 aromatic carbocycles. The van der Waals surface area contributed by atoms with E-state index in [1.165, 1.54) is 6.07 Å². The number of likely N-dealkylation sites (N-methyl/N-ethyl adjacent to an activating group) is 1. The monoisotopic (exact) mass is 444 g/mol. The van der Waals surface area contributed by atoms with E-state index in [0.717, 1.165) is 24.2 Å². The number of likely N-dealkylation sites (tertiary alicyclic amines) is 1. The van der Waals surface area contributed by atoms with Crippen LogP contribution >= 0.6 is 0 Å². The van der Waals surface area contributed by atoms with E-state index in [-0.39, 0.29) is 17.7 Å². The van der Waals surface area contributed by atoms with Crippen LogP contribution in [0.3, 0.4) is 0 Å². The van der Waals surface area contributed by atoms with E-state index < -0.39 is 12.2 Å². The standard InChI is InChI=1S/C20H22F2N8O2/c1-29-7-12(8-29)30-6-11(4-25-30)14-5-24-17(2-15(14)32-13-9-31-10-13)27-18-3-16(23)26-20(28-18)19(21)22/h2-6,12-13,19H,7-10H2,1H3,(H3,23,24,26,27,28). The molecule has 0 amide bonds. The molecule has 3 aromatic heterocycles. The van der Waals surface area contributed by atoms with E-state index in [4.69, 9.17) is 15.2 Å². The SMILES string of the molecule is CN1CC(n2cc(-c3cnc(Nc4cc(N)nc(C(F)F)n4)cc3OC3COC3)cn2)C1. The molecule has 5 rings (SSSR count). The number of nitrogens with two attached hydrogens (primary N) is 1. The van der Waals surface area contributed by atoms with Gasteiger partial charge in [0.1, 0.15) is 29.3 Å². The first-order chi connectivity index (χ1) is 15.4. The zero-order chi connectivity index (χ0) is 22.2. The second-order valence-corrected chi connectivity index (χ2v) is 7.89. The van der Waals surface area contributed by atoms with E-state index in [1.807, 2.05) is 10.9 Å². The summed E-state index contributed by atoms with van der Waals surface area (Å²) in [6.45, 7) is 2.90. The summed E-state index contributed by atoms with van der Waals surface area (Å²) in [5.74, 6) is 0.355. The minimum atomic E-state index is -2.83. The predicted octanol–water partition coefficient (Wildman–Crippen LogP) is 2.26. The fraction of sp³-hybridized carbons (Fsp3) is 0.400. The first kappa shape index (κ1) is 20.5. The highest BCUT2D eigenvalue weighted by atomic mass is 19.3. The highest BCUT2D eigenvalue weighted by Crippen LogP contribution is 2.34. The smallest absolute Gasteiger partial charge is 0.297 e. The normalized spacial score (nSPS) is 17.2. The van der Waals surface area contributed by atoms with Gasteiger partial charge in [0.05, 0.1) is 25.5 Å². The van der Waals surface area contributed by atoms with Crippen molar-refractivity contribution >= 4 is 17.5 Å². The maximum absolute atomic E-state index is 13.0. The summed E-state index contributed by atoms with van der Waals surface area (Å²) >= 11 is 0. The number of nitrogens with zero attached hydrogens (tertiary/aromatic N) is 6. The van der Waals surface area contributed by atoms with Crippen molar-refractivity contribution in [3.63, 3.8) is 0 Å². The van der Waals surface area contributed by atoms with Crippen molar-refractivity contribution in [3.05, 3.63) is 36.5 Å². The average molecular weight is 444 g/mol. The number of nitrogen functional groups attached to an aromatic ring is 1. The van der Waals surface area contributed by atoms with Crippen molar-refractivity contribution in [1.82, 2.24) is 29.6 Å². The Labute approximate surface area is 182 Å². The van der Waals surface area contributed by atoms with Gasteiger partial charge in [-0.25, -0.2) is 23.7 Å².